The molecule has 3 amide bonds. The summed E-state index contributed by atoms with van der Waals surface area (Å²) in [6, 6.07) is 5.23. The van der Waals surface area contributed by atoms with Crippen molar-refractivity contribution in [2.24, 2.45) is 11.7 Å². The van der Waals surface area contributed by atoms with E-state index in [1.165, 1.54) is 0 Å². The van der Waals surface area contributed by atoms with Gasteiger partial charge in [0.1, 0.15) is 0 Å². The predicted molar refractivity (Wildman–Crippen MR) is 99.3 cm³/mol. The van der Waals surface area contributed by atoms with Crippen LogP contribution in [0.1, 0.15) is 18.4 Å². The van der Waals surface area contributed by atoms with E-state index in [0.717, 1.165) is 5.56 Å². The summed E-state index contributed by atoms with van der Waals surface area (Å²) in [5.74, 6) is 0.594. The van der Waals surface area contributed by atoms with Crippen LogP contribution in [0.15, 0.2) is 30.4 Å². The fourth-order valence-electron chi connectivity index (χ4n) is 2.99. The van der Waals surface area contributed by atoms with E-state index in [1.54, 1.807) is 26.2 Å². The second-order valence-corrected chi connectivity index (χ2v) is 6.37. The van der Waals surface area contributed by atoms with E-state index in [4.69, 9.17) is 15.2 Å². The highest BCUT2D eigenvalue weighted by Crippen LogP contribution is 2.27. The number of hydrogen-bond acceptors (Lipinski definition) is 4. The molecule has 7 nitrogen and oxygen atoms in total. The highest BCUT2D eigenvalue weighted by atomic mass is 16.5. The summed E-state index contributed by atoms with van der Waals surface area (Å²) in [5, 5.41) is 2.92. The number of nitrogens with zero attached hydrogens (tertiary/aromatic N) is 1. The van der Waals surface area contributed by atoms with Crippen LogP contribution in [0.2, 0.25) is 0 Å². The maximum absolute atomic E-state index is 12.4. The van der Waals surface area contributed by atoms with Crippen LogP contribution in [0.5, 0.6) is 11.5 Å². The molecule has 0 spiro atoms. The molecule has 1 aliphatic carbocycles. The topological polar surface area (TPSA) is 93.9 Å². The third-order valence-electron chi connectivity index (χ3n) is 4.64. The number of primary amides is 1. The van der Waals surface area contributed by atoms with Gasteiger partial charge in [-0.3, -0.25) is 4.79 Å². The lowest BCUT2D eigenvalue weighted by Crippen LogP contribution is -2.50. The maximum atomic E-state index is 12.4. The molecule has 2 atom stereocenters. The van der Waals surface area contributed by atoms with E-state index >= 15 is 0 Å². The highest BCUT2D eigenvalue weighted by Gasteiger charge is 2.29. The van der Waals surface area contributed by atoms with Gasteiger partial charge in [-0.05, 0) is 37.0 Å². The van der Waals surface area contributed by atoms with Crippen LogP contribution in [0, 0.1) is 5.92 Å². The smallest absolute Gasteiger partial charge is 0.317 e. The molecule has 0 saturated heterocycles. The molecule has 3 N–H and O–H groups in total. The molecule has 26 heavy (non-hydrogen) atoms. The first-order valence-electron chi connectivity index (χ1n) is 8.63. The predicted octanol–water partition coefficient (Wildman–Crippen LogP) is 1.71. The minimum absolute atomic E-state index is 0.211. The second-order valence-electron chi connectivity index (χ2n) is 6.37. The lowest BCUT2D eigenvalue weighted by molar-refractivity contribution is -0.122. The summed E-state index contributed by atoms with van der Waals surface area (Å²) in [5.41, 5.74) is 6.47. The fourth-order valence-corrected chi connectivity index (χ4v) is 2.99. The number of carbonyl (C=O) groups is 2. The van der Waals surface area contributed by atoms with Crippen molar-refractivity contribution in [2.75, 3.05) is 27.8 Å². The molecule has 1 aliphatic rings. The Balaban J connectivity index is 1.91. The van der Waals surface area contributed by atoms with Gasteiger partial charge in [-0.25, -0.2) is 4.79 Å². The van der Waals surface area contributed by atoms with E-state index in [9.17, 15) is 9.59 Å². The summed E-state index contributed by atoms with van der Waals surface area (Å²) < 4.78 is 10.5. The zero-order valence-corrected chi connectivity index (χ0v) is 15.5. The zero-order valence-electron chi connectivity index (χ0n) is 15.5. The number of benzene rings is 1. The van der Waals surface area contributed by atoms with E-state index in [-0.39, 0.29) is 23.9 Å². The van der Waals surface area contributed by atoms with Gasteiger partial charge in [-0.2, -0.15) is 0 Å². The molecule has 1 aromatic rings. The molecule has 1 aromatic carbocycles. The zero-order chi connectivity index (χ0) is 19.1. The Labute approximate surface area is 154 Å². The van der Waals surface area contributed by atoms with Crippen molar-refractivity contribution in [3.05, 3.63) is 35.9 Å². The summed E-state index contributed by atoms with van der Waals surface area (Å²) in [6.45, 7) is 0.533. The Morgan fingerprint density at radius 1 is 1.19 bits per heavy atom. The summed E-state index contributed by atoms with van der Waals surface area (Å²) >= 11 is 0. The van der Waals surface area contributed by atoms with Crippen molar-refractivity contribution in [1.29, 1.82) is 0 Å². The minimum Gasteiger partial charge on any atom is -0.493 e. The minimum atomic E-state index is -0.382. The Hall–Kier alpha value is -2.70. The van der Waals surface area contributed by atoms with Crippen LogP contribution in [0.25, 0.3) is 0 Å². The highest BCUT2D eigenvalue weighted by molar-refractivity contribution is 5.80. The summed E-state index contributed by atoms with van der Waals surface area (Å²) in [4.78, 5) is 25.6. The number of carbonyl (C=O) groups excluding carboxylic acids is 2. The largest absolute Gasteiger partial charge is 0.493 e. The molecule has 0 saturated carbocycles. The van der Waals surface area contributed by atoms with Crippen LogP contribution in [-0.4, -0.2) is 50.7 Å². The number of urea groups is 1. The van der Waals surface area contributed by atoms with Crippen molar-refractivity contribution in [3.63, 3.8) is 0 Å². The molecule has 0 radical (unpaired) electrons. The van der Waals surface area contributed by atoms with Crippen molar-refractivity contribution in [1.82, 2.24) is 10.2 Å². The Kier molecular flexibility index (Phi) is 6.89. The first-order valence-corrected chi connectivity index (χ1v) is 8.63. The van der Waals surface area contributed by atoms with Crippen LogP contribution in [-0.2, 0) is 11.2 Å². The van der Waals surface area contributed by atoms with E-state index < -0.39 is 0 Å². The number of likely N-dealkylation sites (N-methyl/N-ethyl adjacent to an activating group) is 1. The number of methoxy groups -OCH3 is 2. The molecular weight excluding hydrogens is 334 g/mol. The molecule has 7 heteroatoms. The van der Waals surface area contributed by atoms with Gasteiger partial charge in [-0.1, -0.05) is 18.2 Å². The normalized spacial score (nSPS) is 18.9. The fraction of sp³-hybridized carbons (Fsp3) is 0.474. The van der Waals surface area contributed by atoms with Crippen molar-refractivity contribution < 1.29 is 19.1 Å². The molecule has 0 unspecified atom stereocenters. The number of nitrogens with two attached hydrogens (primary N) is 1. The molecule has 0 aliphatic heterocycles. The molecule has 0 fully saturated rings. The number of amides is 3. The first-order chi connectivity index (χ1) is 12.5. The summed E-state index contributed by atoms with van der Waals surface area (Å²) in [7, 11) is 4.92. The van der Waals surface area contributed by atoms with Crippen molar-refractivity contribution in [2.45, 2.75) is 25.3 Å². The van der Waals surface area contributed by atoms with Gasteiger partial charge in [0.05, 0.1) is 20.1 Å². The molecule has 0 bridgehead atoms. The first kappa shape index (κ1) is 19.6. The van der Waals surface area contributed by atoms with Gasteiger partial charge in [0, 0.05) is 19.6 Å². The van der Waals surface area contributed by atoms with Crippen molar-refractivity contribution in [3.8, 4) is 11.5 Å². The average molecular weight is 361 g/mol. The van der Waals surface area contributed by atoms with Gasteiger partial charge >= 0.3 is 6.03 Å². The van der Waals surface area contributed by atoms with Crippen LogP contribution in [0.4, 0.5) is 4.79 Å². The van der Waals surface area contributed by atoms with E-state index in [1.807, 2.05) is 30.4 Å². The van der Waals surface area contributed by atoms with Crippen molar-refractivity contribution >= 4 is 11.9 Å². The number of nitrogens with one attached hydrogen (secondary N) is 1. The van der Waals surface area contributed by atoms with Crippen LogP contribution in [0.3, 0.4) is 0 Å². The number of hydrogen-bond donors (Lipinski definition) is 2. The number of ether oxygens (including phenoxy) is 2. The monoisotopic (exact) mass is 361 g/mol. The van der Waals surface area contributed by atoms with Gasteiger partial charge in [0.15, 0.2) is 11.5 Å². The Morgan fingerprint density at radius 3 is 2.54 bits per heavy atom. The average Bonchev–Trinajstić information content (AvgIpc) is 2.65. The lowest BCUT2D eigenvalue weighted by atomic mass is 9.88. The molecule has 2 rings (SSSR count). The SMILES string of the molecule is COc1ccc(CCN(C)C(=O)N[C@@H]2CC=CC[C@H]2C(N)=O)cc1OC. The van der Waals surface area contributed by atoms with Crippen LogP contribution >= 0.6 is 0 Å². The molecule has 142 valence electrons. The second kappa shape index (κ2) is 9.12. The van der Waals surface area contributed by atoms with Gasteiger partial charge in [-0.15, -0.1) is 0 Å². The van der Waals surface area contributed by atoms with Crippen LogP contribution < -0.4 is 20.5 Å². The molecule has 0 aromatic heterocycles. The molecular formula is C19H27N3O4. The number of rotatable bonds is 7. The van der Waals surface area contributed by atoms with Gasteiger partial charge in [0.2, 0.25) is 5.91 Å². The Bertz CT molecular complexity index is 675. The molecule has 0 heterocycles. The van der Waals surface area contributed by atoms with E-state index in [2.05, 4.69) is 5.32 Å². The third kappa shape index (κ3) is 4.91. The van der Waals surface area contributed by atoms with Gasteiger partial charge < -0.3 is 25.4 Å². The van der Waals surface area contributed by atoms with E-state index in [0.29, 0.717) is 37.3 Å². The lowest BCUT2D eigenvalue weighted by Gasteiger charge is -2.29. The maximum Gasteiger partial charge on any atom is 0.317 e. The standard InChI is InChI=1S/C19H27N3O4/c1-22(11-10-13-8-9-16(25-2)17(12-13)26-3)19(24)21-15-7-5-4-6-14(15)18(20)23/h4-5,8-9,12,14-15H,6-7,10-11H2,1-3H3,(H2,20,23)(H,21,24)/t14-,15-/m1/s1. The van der Waals surface area contributed by atoms with Gasteiger partial charge in [0.25, 0.3) is 0 Å². The number of allylic oxidation sites excluding steroid dienone is 1. The quantitative estimate of drug-likeness (QED) is 0.723. The third-order valence-corrected chi connectivity index (χ3v) is 4.64. The summed E-state index contributed by atoms with van der Waals surface area (Å²) in [6.07, 6.45) is 5.75. The Morgan fingerprint density at radius 2 is 1.88 bits per heavy atom.